The molecule has 0 aliphatic heterocycles. The van der Waals surface area contributed by atoms with Crippen LogP contribution in [0.25, 0.3) is 0 Å². The molecule has 0 atom stereocenters. The Hall–Kier alpha value is -2.78. The van der Waals surface area contributed by atoms with Crippen LogP contribution in [-0.2, 0) is 6.54 Å². The minimum atomic E-state index is -0.523. The van der Waals surface area contributed by atoms with Gasteiger partial charge in [0.1, 0.15) is 11.5 Å². The maximum absolute atomic E-state index is 12.6. The molecule has 28 heavy (non-hydrogen) atoms. The van der Waals surface area contributed by atoms with Crippen LogP contribution in [0.5, 0.6) is 11.5 Å². The summed E-state index contributed by atoms with van der Waals surface area (Å²) >= 11 is 9.41. The van der Waals surface area contributed by atoms with E-state index in [0.29, 0.717) is 22.2 Å². The zero-order valence-electron chi connectivity index (χ0n) is 15.1. The fraction of sp³-hybridized carbons (Fsp3) is 0.167. The van der Waals surface area contributed by atoms with Crippen molar-refractivity contribution in [2.24, 2.45) is 0 Å². The van der Waals surface area contributed by atoms with Crippen LogP contribution < -0.4 is 20.5 Å². The summed E-state index contributed by atoms with van der Waals surface area (Å²) in [5.74, 6) is 0.737. The Morgan fingerprint density at radius 2 is 1.93 bits per heavy atom. The van der Waals surface area contributed by atoms with Gasteiger partial charge in [-0.15, -0.1) is 5.10 Å². The van der Waals surface area contributed by atoms with Crippen LogP contribution in [0.1, 0.15) is 16.1 Å². The van der Waals surface area contributed by atoms with Gasteiger partial charge in [0, 0.05) is 15.1 Å². The summed E-state index contributed by atoms with van der Waals surface area (Å²) < 4.78 is 12.9. The van der Waals surface area contributed by atoms with Crippen molar-refractivity contribution in [1.82, 2.24) is 15.0 Å². The largest absolute Gasteiger partial charge is 0.496 e. The number of nitrogen functional groups attached to an aromatic ring is 1. The maximum Gasteiger partial charge on any atom is 0.280 e. The molecular formula is C18H17BrClN5O3. The molecule has 8 nitrogen and oxygen atoms in total. The van der Waals surface area contributed by atoms with Gasteiger partial charge in [0.2, 0.25) is 0 Å². The highest BCUT2D eigenvalue weighted by atomic mass is 79.9. The number of ether oxygens (including phenoxy) is 2. The molecule has 146 valence electrons. The van der Waals surface area contributed by atoms with E-state index in [1.807, 2.05) is 18.2 Å². The second-order valence-corrected chi connectivity index (χ2v) is 7.09. The zero-order chi connectivity index (χ0) is 20.3. The SMILES string of the molecule is COc1ccc(Br)cc1Cn1nnc(C(=O)Nc2cc(Cl)ccc2OC)c1N. The third-order valence-corrected chi connectivity index (χ3v) is 4.69. The van der Waals surface area contributed by atoms with Gasteiger partial charge in [0.05, 0.1) is 26.5 Å². The highest BCUT2D eigenvalue weighted by Crippen LogP contribution is 2.29. The van der Waals surface area contributed by atoms with E-state index in [-0.39, 0.29) is 18.1 Å². The highest BCUT2D eigenvalue weighted by molar-refractivity contribution is 9.10. The third kappa shape index (κ3) is 4.20. The molecular weight excluding hydrogens is 450 g/mol. The molecule has 3 rings (SSSR count). The molecule has 0 fully saturated rings. The van der Waals surface area contributed by atoms with Crippen LogP contribution in [0.15, 0.2) is 40.9 Å². The third-order valence-electron chi connectivity index (χ3n) is 3.96. The lowest BCUT2D eigenvalue weighted by Crippen LogP contribution is -2.16. The molecule has 2 aromatic carbocycles. The van der Waals surface area contributed by atoms with E-state index in [2.05, 4.69) is 31.6 Å². The number of hydrogen-bond donors (Lipinski definition) is 2. The molecule has 0 bridgehead atoms. The summed E-state index contributed by atoms with van der Waals surface area (Å²) in [5, 5.41) is 11.1. The number of nitrogens with zero attached hydrogens (tertiary/aromatic N) is 3. The molecule has 1 amide bonds. The number of nitrogens with two attached hydrogens (primary N) is 1. The molecule has 0 radical (unpaired) electrons. The highest BCUT2D eigenvalue weighted by Gasteiger charge is 2.20. The number of anilines is 2. The molecule has 0 aliphatic carbocycles. The second-order valence-electron chi connectivity index (χ2n) is 5.74. The summed E-state index contributed by atoms with van der Waals surface area (Å²) in [6, 6.07) is 10.5. The van der Waals surface area contributed by atoms with E-state index in [1.165, 1.54) is 11.8 Å². The summed E-state index contributed by atoms with van der Waals surface area (Å²) in [5.41, 5.74) is 7.34. The smallest absolute Gasteiger partial charge is 0.280 e. The number of benzene rings is 2. The van der Waals surface area contributed by atoms with Crippen molar-refractivity contribution in [3.8, 4) is 11.5 Å². The predicted molar refractivity (Wildman–Crippen MR) is 110 cm³/mol. The van der Waals surface area contributed by atoms with Crippen molar-refractivity contribution in [1.29, 1.82) is 0 Å². The Labute approximate surface area is 174 Å². The maximum atomic E-state index is 12.6. The zero-order valence-corrected chi connectivity index (χ0v) is 17.4. The lowest BCUT2D eigenvalue weighted by atomic mass is 10.2. The van der Waals surface area contributed by atoms with E-state index in [1.54, 1.807) is 25.3 Å². The number of hydrogen-bond acceptors (Lipinski definition) is 6. The normalized spacial score (nSPS) is 10.6. The Morgan fingerprint density at radius 1 is 1.21 bits per heavy atom. The number of aromatic nitrogens is 3. The molecule has 1 aromatic heterocycles. The molecule has 3 N–H and O–H groups in total. The van der Waals surface area contributed by atoms with Crippen LogP contribution in [-0.4, -0.2) is 35.1 Å². The van der Waals surface area contributed by atoms with Crippen LogP contribution >= 0.6 is 27.5 Å². The lowest BCUT2D eigenvalue weighted by Gasteiger charge is -2.11. The number of methoxy groups -OCH3 is 2. The predicted octanol–water partition coefficient (Wildman–Crippen LogP) is 3.59. The fourth-order valence-corrected chi connectivity index (χ4v) is 3.17. The Balaban J connectivity index is 1.84. The van der Waals surface area contributed by atoms with Crippen molar-refractivity contribution >= 4 is 44.9 Å². The van der Waals surface area contributed by atoms with Gasteiger partial charge in [-0.2, -0.15) is 0 Å². The van der Waals surface area contributed by atoms with E-state index in [4.69, 9.17) is 26.8 Å². The number of halogens is 2. The van der Waals surface area contributed by atoms with Crippen molar-refractivity contribution in [2.45, 2.75) is 6.54 Å². The van der Waals surface area contributed by atoms with Gasteiger partial charge in [0.25, 0.3) is 5.91 Å². The van der Waals surface area contributed by atoms with Gasteiger partial charge in [-0.1, -0.05) is 32.7 Å². The van der Waals surface area contributed by atoms with E-state index in [0.717, 1.165) is 10.0 Å². The first-order valence-corrected chi connectivity index (χ1v) is 9.26. The average Bonchev–Trinajstić information content (AvgIpc) is 3.03. The Bertz CT molecular complexity index is 1020. The van der Waals surface area contributed by atoms with Crippen molar-refractivity contribution in [3.05, 3.63) is 57.2 Å². The molecule has 10 heteroatoms. The van der Waals surface area contributed by atoms with Crippen molar-refractivity contribution in [3.63, 3.8) is 0 Å². The standard InChI is InChI=1S/C18H17BrClN5O3/c1-27-14-5-3-11(19)7-10(14)9-25-17(21)16(23-24-25)18(26)22-13-8-12(20)4-6-15(13)28-2/h3-8H,9,21H2,1-2H3,(H,22,26). The molecule has 1 heterocycles. The summed E-state index contributed by atoms with van der Waals surface area (Å²) in [6.07, 6.45) is 0. The number of nitrogens with one attached hydrogen (secondary N) is 1. The van der Waals surface area contributed by atoms with Crippen LogP contribution in [0.4, 0.5) is 11.5 Å². The summed E-state index contributed by atoms with van der Waals surface area (Å²) in [4.78, 5) is 12.6. The second kappa shape index (κ2) is 8.49. The molecule has 0 aliphatic rings. The lowest BCUT2D eigenvalue weighted by molar-refractivity contribution is 0.102. The van der Waals surface area contributed by atoms with E-state index in [9.17, 15) is 4.79 Å². The van der Waals surface area contributed by atoms with Crippen LogP contribution in [0, 0.1) is 0 Å². The molecule has 0 saturated heterocycles. The van der Waals surface area contributed by atoms with E-state index >= 15 is 0 Å². The summed E-state index contributed by atoms with van der Waals surface area (Å²) in [6.45, 7) is 0.287. The topological polar surface area (TPSA) is 104 Å². The van der Waals surface area contributed by atoms with Gasteiger partial charge in [0.15, 0.2) is 11.5 Å². The summed E-state index contributed by atoms with van der Waals surface area (Å²) in [7, 11) is 3.07. The molecule has 0 unspecified atom stereocenters. The first kappa shape index (κ1) is 20.0. The fourth-order valence-electron chi connectivity index (χ4n) is 2.59. The molecule has 3 aromatic rings. The Kier molecular flexibility index (Phi) is 6.05. The van der Waals surface area contributed by atoms with Gasteiger partial charge in [-0.25, -0.2) is 4.68 Å². The van der Waals surface area contributed by atoms with Gasteiger partial charge >= 0.3 is 0 Å². The van der Waals surface area contributed by atoms with Crippen LogP contribution in [0.2, 0.25) is 5.02 Å². The number of rotatable bonds is 6. The van der Waals surface area contributed by atoms with Gasteiger partial charge < -0.3 is 20.5 Å². The van der Waals surface area contributed by atoms with E-state index < -0.39 is 5.91 Å². The number of carbonyl (C=O) groups excluding carboxylic acids is 1. The van der Waals surface area contributed by atoms with Crippen molar-refractivity contribution in [2.75, 3.05) is 25.3 Å². The average molecular weight is 467 g/mol. The number of carbonyl (C=O) groups is 1. The quantitative estimate of drug-likeness (QED) is 0.575. The molecule has 0 spiro atoms. The van der Waals surface area contributed by atoms with Gasteiger partial charge in [-0.05, 0) is 36.4 Å². The minimum Gasteiger partial charge on any atom is -0.496 e. The minimum absolute atomic E-state index is 0.00371. The van der Waals surface area contributed by atoms with Gasteiger partial charge in [-0.3, -0.25) is 4.79 Å². The first-order chi connectivity index (χ1) is 13.4. The molecule has 0 saturated carbocycles. The van der Waals surface area contributed by atoms with Crippen LogP contribution in [0.3, 0.4) is 0 Å². The van der Waals surface area contributed by atoms with Crippen molar-refractivity contribution < 1.29 is 14.3 Å². The monoisotopic (exact) mass is 465 g/mol. The number of amides is 1. The first-order valence-electron chi connectivity index (χ1n) is 8.09. The Morgan fingerprint density at radius 3 is 2.64 bits per heavy atom.